The molecular weight excluding hydrogens is 352 g/mol. The van der Waals surface area contributed by atoms with Crippen molar-refractivity contribution in [1.29, 1.82) is 0 Å². The summed E-state index contributed by atoms with van der Waals surface area (Å²) in [6, 6.07) is -0.0882. The molecule has 3 unspecified atom stereocenters. The van der Waals surface area contributed by atoms with E-state index < -0.39 is 24.4 Å². The minimum Gasteiger partial charge on any atom is -0.468 e. The van der Waals surface area contributed by atoms with E-state index in [9.17, 15) is 13.6 Å². The van der Waals surface area contributed by atoms with Crippen molar-refractivity contribution in [3.63, 3.8) is 0 Å². The zero-order chi connectivity index (χ0) is 19.2. The van der Waals surface area contributed by atoms with E-state index in [-0.39, 0.29) is 12.6 Å². The predicted molar refractivity (Wildman–Crippen MR) is 98.8 cm³/mol. The fourth-order valence-electron chi connectivity index (χ4n) is 6.43. The first-order valence-electron chi connectivity index (χ1n) is 10.6. The van der Waals surface area contributed by atoms with Gasteiger partial charge in [-0.1, -0.05) is 13.3 Å². The van der Waals surface area contributed by atoms with E-state index >= 15 is 0 Å². The van der Waals surface area contributed by atoms with Gasteiger partial charge in [0.05, 0.1) is 13.7 Å². The summed E-state index contributed by atoms with van der Waals surface area (Å²) in [5.74, 6) is -2.56. The molecule has 1 spiro atoms. The van der Waals surface area contributed by atoms with E-state index in [1.54, 1.807) is 4.90 Å². The van der Waals surface area contributed by atoms with Gasteiger partial charge in [-0.25, -0.2) is 8.78 Å². The first-order chi connectivity index (χ1) is 12.9. The Bertz CT molecular complexity index is 559. The van der Waals surface area contributed by atoms with Gasteiger partial charge in [-0.2, -0.15) is 0 Å². The molecule has 0 aromatic heterocycles. The molecule has 1 N–H and O–H groups in total. The Hall–Kier alpha value is -0.790. The van der Waals surface area contributed by atoms with E-state index in [1.807, 2.05) is 0 Å². The fraction of sp³-hybridized carbons (Fsp3) is 0.950. The normalized spacial score (nSPS) is 40.4. The molecule has 4 atom stereocenters. The summed E-state index contributed by atoms with van der Waals surface area (Å²) in [5.41, 5.74) is 0.503. The van der Waals surface area contributed by atoms with Crippen molar-refractivity contribution in [3.8, 4) is 0 Å². The first kappa shape index (κ1) is 19.5. The second-order valence-corrected chi connectivity index (χ2v) is 9.11. The standard InChI is InChI=1S/C20H33F2N3O2/c1-3-15-16(10-19(15)6-7-23-12-19)24-8-4-14(5-9-24)25-13-20(21,22)11-17(25)18(26)27-2/h14-17,23H,3-13H2,1-2H3/t15?,16?,17-,19?/m1/s1. The smallest absolute Gasteiger partial charge is 0.323 e. The molecule has 154 valence electrons. The van der Waals surface area contributed by atoms with Crippen LogP contribution >= 0.6 is 0 Å². The number of nitrogens with zero attached hydrogens (tertiary/aromatic N) is 2. The van der Waals surface area contributed by atoms with Gasteiger partial charge in [-0.3, -0.25) is 14.6 Å². The van der Waals surface area contributed by atoms with E-state index in [2.05, 4.69) is 17.1 Å². The second kappa shape index (κ2) is 7.23. The minimum absolute atomic E-state index is 0.0565. The summed E-state index contributed by atoms with van der Waals surface area (Å²) >= 11 is 0. The molecule has 27 heavy (non-hydrogen) atoms. The summed E-state index contributed by atoms with van der Waals surface area (Å²) in [4.78, 5) is 16.3. The van der Waals surface area contributed by atoms with E-state index in [0.717, 1.165) is 44.9 Å². The number of carbonyl (C=O) groups is 1. The van der Waals surface area contributed by atoms with Crippen molar-refractivity contribution in [2.75, 3.05) is 39.8 Å². The van der Waals surface area contributed by atoms with Crippen molar-refractivity contribution in [2.24, 2.45) is 11.3 Å². The number of ether oxygens (including phenoxy) is 1. The molecule has 5 nitrogen and oxygen atoms in total. The topological polar surface area (TPSA) is 44.8 Å². The van der Waals surface area contributed by atoms with Crippen LogP contribution in [0, 0.1) is 11.3 Å². The second-order valence-electron chi connectivity index (χ2n) is 9.11. The number of nitrogens with one attached hydrogen (secondary N) is 1. The number of carbonyl (C=O) groups excluding carboxylic acids is 1. The maximum atomic E-state index is 14.0. The third-order valence-electron chi connectivity index (χ3n) is 7.80. The maximum absolute atomic E-state index is 14.0. The van der Waals surface area contributed by atoms with E-state index in [0.29, 0.717) is 11.5 Å². The first-order valence-corrected chi connectivity index (χ1v) is 10.6. The number of piperidine rings is 1. The highest BCUT2D eigenvalue weighted by Crippen LogP contribution is 2.54. The molecule has 4 rings (SSSR count). The van der Waals surface area contributed by atoms with Crippen LogP contribution in [0.3, 0.4) is 0 Å². The average molecular weight is 385 g/mol. The van der Waals surface area contributed by atoms with Gasteiger partial charge in [0.25, 0.3) is 5.92 Å². The van der Waals surface area contributed by atoms with Crippen molar-refractivity contribution in [3.05, 3.63) is 0 Å². The Morgan fingerprint density at radius 2 is 2.00 bits per heavy atom. The van der Waals surface area contributed by atoms with Gasteiger partial charge in [0.1, 0.15) is 6.04 Å². The van der Waals surface area contributed by atoms with Crippen LogP contribution in [0.25, 0.3) is 0 Å². The lowest BCUT2D eigenvalue weighted by Crippen LogP contribution is -2.62. The molecule has 1 aliphatic carbocycles. The Morgan fingerprint density at radius 3 is 2.59 bits per heavy atom. The molecule has 3 saturated heterocycles. The van der Waals surface area contributed by atoms with Crippen LogP contribution < -0.4 is 5.32 Å². The van der Waals surface area contributed by atoms with Gasteiger partial charge < -0.3 is 10.1 Å². The summed E-state index contributed by atoms with van der Waals surface area (Å²) in [7, 11) is 1.29. The van der Waals surface area contributed by atoms with Crippen LogP contribution in [0.4, 0.5) is 8.78 Å². The molecule has 0 aromatic carbocycles. The zero-order valence-electron chi connectivity index (χ0n) is 16.6. The van der Waals surface area contributed by atoms with Crippen molar-refractivity contribution >= 4 is 5.97 Å². The number of hydrogen-bond acceptors (Lipinski definition) is 5. The molecule has 3 heterocycles. The highest BCUT2D eigenvalue weighted by Gasteiger charge is 2.56. The Morgan fingerprint density at radius 1 is 1.26 bits per heavy atom. The van der Waals surface area contributed by atoms with Crippen LogP contribution in [-0.4, -0.2) is 79.7 Å². The lowest BCUT2D eigenvalue weighted by Gasteiger charge is -2.58. The molecule has 0 radical (unpaired) electrons. The van der Waals surface area contributed by atoms with Crippen LogP contribution in [-0.2, 0) is 9.53 Å². The molecule has 0 amide bonds. The molecule has 3 aliphatic heterocycles. The van der Waals surface area contributed by atoms with Crippen molar-refractivity contribution in [1.82, 2.24) is 15.1 Å². The molecular formula is C20H33F2N3O2. The number of esters is 1. The highest BCUT2D eigenvalue weighted by atomic mass is 19.3. The number of hydrogen-bond donors (Lipinski definition) is 1. The molecule has 0 bridgehead atoms. The SMILES string of the molecule is CCC1C(N2CCC(N3CC(F)(F)C[C@@H]3C(=O)OC)CC2)CC12CCNC2. The van der Waals surface area contributed by atoms with Gasteiger partial charge in [0, 0.05) is 25.0 Å². The highest BCUT2D eigenvalue weighted by molar-refractivity contribution is 5.76. The van der Waals surface area contributed by atoms with Gasteiger partial charge in [0.15, 0.2) is 0 Å². The maximum Gasteiger partial charge on any atom is 0.323 e. The third kappa shape index (κ3) is 3.40. The van der Waals surface area contributed by atoms with Crippen LogP contribution in [0.15, 0.2) is 0 Å². The predicted octanol–water partition coefficient (Wildman–Crippen LogP) is 2.11. The Kier molecular flexibility index (Phi) is 5.23. The number of likely N-dealkylation sites (tertiary alicyclic amines) is 2. The van der Waals surface area contributed by atoms with Gasteiger partial charge in [-0.05, 0) is 56.7 Å². The summed E-state index contributed by atoms with van der Waals surface area (Å²) < 4.78 is 32.7. The quantitative estimate of drug-likeness (QED) is 0.751. The number of rotatable bonds is 4. The fourth-order valence-corrected chi connectivity index (χ4v) is 6.43. The largest absolute Gasteiger partial charge is 0.468 e. The molecule has 1 saturated carbocycles. The lowest BCUT2D eigenvalue weighted by molar-refractivity contribution is -0.147. The number of methoxy groups -OCH3 is 1. The number of halogens is 2. The minimum atomic E-state index is -2.79. The molecule has 4 fully saturated rings. The third-order valence-corrected chi connectivity index (χ3v) is 7.80. The molecule has 0 aromatic rings. The monoisotopic (exact) mass is 385 g/mol. The van der Waals surface area contributed by atoms with Crippen LogP contribution in [0.5, 0.6) is 0 Å². The van der Waals surface area contributed by atoms with E-state index in [4.69, 9.17) is 4.74 Å². The van der Waals surface area contributed by atoms with Crippen molar-refractivity contribution in [2.45, 2.75) is 69.5 Å². The Balaban J connectivity index is 1.36. The van der Waals surface area contributed by atoms with Crippen molar-refractivity contribution < 1.29 is 18.3 Å². The van der Waals surface area contributed by atoms with E-state index in [1.165, 1.54) is 26.4 Å². The molecule has 4 aliphatic rings. The van der Waals surface area contributed by atoms with Crippen LogP contribution in [0.2, 0.25) is 0 Å². The average Bonchev–Trinajstić information content (AvgIpc) is 3.25. The van der Waals surface area contributed by atoms with Gasteiger partial charge in [-0.15, -0.1) is 0 Å². The van der Waals surface area contributed by atoms with Gasteiger partial charge in [0.2, 0.25) is 0 Å². The lowest BCUT2D eigenvalue weighted by atomic mass is 9.54. The summed E-state index contributed by atoms with van der Waals surface area (Å²) in [5, 5.41) is 3.54. The zero-order valence-corrected chi connectivity index (χ0v) is 16.6. The molecule has 7 heteroatoms. The Labute approximate surface area is 160 Å². The van der Waals surface area contributed by atoms with Gasteiger partial charge >= 0.3 is 5.97 Å². The van der Waals surface area contributed by atoms with Crippen LogP contribution in [0.1, 0.15) is 45.4 Å². The number of alkyl halides is 2. The summed E-state index contributed by atoms with van der Waals surface area (Å²) in [6.45, 7) is 6.19. The summed E-state index contributed by atoms with van der Waals surface area (Å²) in [6.07, 6.45) is 5.10.